The number of nitrogens with zero attached hydrogens (tertiary/aromatic N) is 6. The highest BCUT2D eigenvalue weighted by Crippen LogP contribution is 2.31. The Labute approximate surface area is 155 Å². The minimum atomic E-state index is 0.736. The monoisotopic (exact) mass is 355 g/mol. The largest absolute Gasteiger partial charge is 0.378 e. The van der Waals surface area contributed by atoms with Crippen molar-refractivity contribution in [2.45, 2.75) is 0 Å². The molecule has 0 atom stereocenters. The number of nitrogens with one attached hydrogen (secondary N) is 1. The summed E-state index contributed by atoms with van der Waals surface area (Å²) < 4.78 is 2.01. The average molecular weight is 355 g/mol. The van der Waals surface area contributed by atoms with Crippen molar-refractivity contribution in [1.82, 2.24) is 24.3 Å². The molecule has 132 valence electrons. The van der Waals surface area contributed by atoms with E-state index in [2.05, 4.69) is 32.3 Å². The summed E-state index contributed by atoms with van der Waals surface area (Å²) >= 11 is 0. The summed E-state index contributed by atoms with van der Waals surface area (Å²) in [5.41, 5.74) is 5.45. The van der Waals surface area contributed by atoms with Crippen molar-refractivity contribution in [3.63, 3.8) is 0 Å². The lowest BCUT2D eigenvalue weighted by Crippen LogP contribution is -2.08. The van der Waals surface area contributed by atoms with Gasteiger partial charge in [-0.1, -0.05) is 6.07 Å². The van der Waals surface area contributed by atoms with Crippen LogP contribution in [0.5, 0.6) is 0 Å². The van der Waals surface area contributed by atoms with Gasteiger partial charge >= 0.3 is 0 Å². The Morgan fingerprint density at radius 2 is 1.89 bits per heavy atom. The van der Waals surface area contributed by atoms with Crippen LogP contribution in [0.15, 0.2) is 61.3 Å². The van der Waals surface area contributed by atoms with E-state index in [1.165, 1.54) is 0 Å². The fourth-order valence-electron chi connectivity index (χ4n) is 3.26. The molecule has 0 aliphatic rings. The molecule has 4 heterocycles. The van der Waals surface area contributed by atoms with Gasteiger partial charge in [-0.3, -0.25) is 14.4 Å². The third-order valence-corrected chi connectivity index (χ3v) is 4.57. The highest BCUT2D eigenvalue weighted by Gasteiger charge is 2.15. The molecule has 0 unspecified atom stereocenters. The molecule has 0 saturated heterocycles. The van der Waals surface area contributed by atoms with Gasteiger partial charge in [-0.25, -0.2) is 9.97 Å². The van der Waals surface area contributed by atoms with E-state index in [0.29, 0.717) is 0 Å². The molecule has 7 nitrogen and oxygen atoms in total. The van der Waals surface area contributed by atoms with Gasteiger partial charge in [0.15, 0.2) is 11.5 Å². The van der Waals surface area contributed by atoms with E-state index in [0.717, 1.165) is 44.8 Å². The second kappa shape index (κ2) is 5.91. The minimum absolute atomic E-state index is 0.736. The number of fused-ring (bicyclic) bond motifs is 5. The number of hydrogen-bond donors (Lipinski definition) is 1. The molecule has 1 N–H and O–H groups in total. The summed E-state index contributed by atoms with van der Waals surface area (Å²) in [5.74, 6) is 0.736. The third kappa shape index (κ3) is 2.52. The van der Waals surface area contributed by atoms with Crippen LogP contribution >= 0.6 is 0 Å². The Kier molecular flexibility index (Phi) is 3.39. The molecule has 7 heteroatoms. The van der Waals surface area contributed by atoms with Crippen LogP contribution in [0.1, 0.15) is 0 Å². The zero-order chi connectivity index (χ0) is 18.4. The molecular weight excluding hydrogens is 338 g/mol. The number of hydrogen-bond acceptors (Lipinski definition) is 6. The van der Waals surface area contributed by atoms with Gasteiger partial charge in [-0.05, 0) is 24.3 Å². The highest BCUT2D eigenvalue weighted by molar-refractivity contribution is 6.08. The van der Waals surface area contributed by atoms with Gasteiger partial charge in [0.05, 0.1) is 17.9 Å². The molecule has 0 bridgehead atoms. The molecule has 0 amide bonds. The van der Waals surface area contributed by atoms with Gasteiger partial charge in [-0.2, -0.15) is 0 Å². The van der Waals surface area contributed by atoms with Gasteiger partial charge in [0, 0.05) is 49.4 Å². The number of aromatic nitrogens is 5. The summed E-state index contributed by atoms with van der Waals surface area (Å²) in [7, 11) is 4.05. The van der Waals surface area contributed by atoms with E-state index in [1.54, 1.807) is 24.8 Å². The summed E-state index contributed by atoms with van der Waals surface area (Å²) in [4.78, 5) is 20.1. The van der Waals surface area contributed by atoms with Crippen molar-refractivity contribution < 1.29 is 0 Å². The lowest BCUT2D eigenvalue weighted by molar-refractivity contribution is 1.13. The van der Waals surface area contributed by atoms with Crippen LogP contribution in [0.3, 0.4) is 0 Å². The first kappa shape index (κ1) is 15.5. The number of anilines is 3. The first-order valence-corrected chi connectivity index (χ1v) is 8.60. The van der Waals surface area contributed by atoms with Crippen LogP contribution in [0.25, 0.3) is 27.6 Å². The number of benzene rings is 1. The van der Waals surface area contributed by atoms with Crippen LogP contribution in [0.2, 0.25) is 0 Å². The van der Waals surface area contributed by atoms with Gasteiger partial charge in [0.2, 0.25) is 0 Å². The van der Waals surface area contributed by atoms with Gasteiger partial charge < -0.3 is 10.2 Å². The maximum Gasteiger partial charge on any atom is 0.157 e. The van der Waals surface area contributed by atoms with Crippen molar-refractivity contribution in [3.8, 4) is 0 Å². The van der Waals surface area contributed by atoms with Crippen LogP contribution in [-0.4, -0.2) is 38.4 Å². The predicted octanol–water partition coefficient (Wildman–Crippen LogP) is 3.64. The van der Waals surface area contributed by atoms with E-state index in [-0.39, 0.29) is 0 Å². The molecule has 0 fully saturated rings. The Morgan fingerprint density at radius 3 is 2.78 bits per heavy atom. The normalized spacial score (nSPS) is 11.3. The summed E-state index contributed by atoms with van der Waals surface area (Å²) in [6, 6.07) is 10.2. The summed E-state index contributed by atoms with van der Waals surface area (Å²) in [6.45, 7) is 0. The smallest absolute Gasteiger partial charge is 0.157 e. The Morgan fingerprint density at radius 1 is 1.00 bits per heavy atom. The Hall–Kier alpha value is -3.74. The van der Waals surface area contributed by atoms with Crippen LogP contribution < -0.4 is 10.2 Å². The lowest BCUT2D eigenvalue weighted by Gasteiger charge is -2.15. The minimum Gasteiger partial charge on any atom is -0.378 e. The first-order chi connectivity index (χ1) is 13.2. The molecule has 27 heavy (non-hydrogen) atoms. The molecular formula is C20H17N7. The van der Waals surface area contributed by atoms with Crippen LogP contribution in [0.4, 0.5) is 17.2 Å². The Bertz CT molecular complexity index is 1290. The van der Waals surface area contributed by atoms with Crippen molar-refractivity contribution in [2.75, 3.05) is 24.3 Å². The van der Waals surface area contributed by atoms with Crippen LogP contribution in [0, 0.1) is 0 Å². The molecule has 0 saturated carbocycles. The molecule has 0 aliphatic carbocycles. The topological polar surface area (TPSA) is 71.2 Å². The molecule has 5 aromatic rings. The summed E-state index contributed by atoms with van der Waals surface area (Å²) in [5, 5.41) is 4.43. The number of rotatable bonds is 3. The third-order valence-electron chi connectivity index (χ3n) is 4.57. The molecule has 0 aliphatic heterocycles. The SMILES string of the molecule is CN(C)c1cccc(Nc2nc3cnccc3c3nc4cnccn4c23)c1. The second-order valence-electron chi connectivity index (χ2n) is 6.54. The standard InChI is InChI=1S/C20H17N7/c1-26(2)14-5-3-4-13(10-14)23-20-19-18(15-6-7-21-11-16(15)24-20)25-17-12-22-8-9-27(17)19/h3-12H,1-2H3,(H,23,24). The summed E-state index contributed by atoms with van der Waals surface area (Å²) in [6.07, 6.45) is 8.93. The molecule has 5 rings (SSSR count). The quantitative estimate of drug-likeness (QED) is 0.533. The lowest BCUT2D eigenvalue weighted by atomic mass is 10.2. The zero-order valence-electron chi connectivity index (χ0n) is 15.0. The van der Waals surface area contributed by atoms with E-state index < -0.39 is 0 Å². The number of pyridine rings is 2. The van der Waals surface area contributed by atoms with E-state index in [1.807, 2.05) is 42.9 Å². The van der Waals surface area contributed by atoms with E-state index in [4.69, 9.17) is 9.97 Å². The fourth-order valence-corrected chi connectivity index (χ4v) is 3.26. The second-order valence-corrected chi connectivity index (χ2v) is 6.54. The van der Waals surface area contributed by atoms with Gasteiger partial charge in [0.25, 0.3) is 0 Å². The van der Waals surface area contributed by atoms with Gasteiger partial charge in [0.1, 0.15) is 11.0 Å². The highest BCUT2D eigenvalue weighted by atomic mass is 15.1. The van der Waals surface area contributed by atoms with E-state index >= 15 is 0 Å². The molecule has 4 aromatic heterocycles. The van der Waals surface area contributed by atoms with Crippen molar-refractivity contribution in [1.29, 1.82) is 0 Å². The maximum absolute atomic E-state index is 4.83. The zero-order valence-corrected chi connectivity index (χ0v) is 15.0. The van der Waals surface area contributed by atoms with Crippen molar-refractivity contribution in [2.24, 2.45) is 0 Å². The van der Waals surface area contributed by atoms with E-state index in [9.17, 15) is 0 Å². The maximum atomic E-state index is 4.83. The first-order valence-electron chi connectivity index (χ1n) is 8.60. The number of imidazole rings is 1. The van der Waals surface area contributed by atoms with Gasteiger partial charge in [-0.15, -0.1) is 0 Å². The molecule has 0 spiro atoms. The molecule has 0 radical (unpaired) electrons. The fraction of sp³-hybridized carbons (Fsp3) is 0.100. The molecule has 1 aromatic carbocycles. The average Bonchev–Trinajstić information content (AvgIpc) is 3.08. The Balaban J connectivity index is 1.78. The predicted molar refractivity (Wildman–Crippen MR) is 108 cm³/mol. The van der Waals surface area contributed by atoms with Crippen LogP contribution in [-0.2, 0) is 0 Å². The van der Waals surface area contributed by atoms with Crippen molar-refractivity contribution in [3.05, 3.63) is 61.3 Å². The van der Waals surface area contributed by atoms with Crippen molar-refractivity contribution >= 4 is 44.8 Å².